The molecule has 4 bridgehead atoms. The average Bonchev–Trinajstić information content (AvgIpc) is 2.80. The number of nitrogens with zero attached hydrogens (tertiary/aromatic N) is 1. The molecule has 1 amide bonds. The number of allylic oxidation sites excluding steroid dienone is 1. The van der Waals surface area contributed by atoms with Crippen LogP contribution in [0, 0.1) is 29.1 Å². The van der Waals surface area contributed by atoms with E-state index < -0.39 is 6.04 Å². The van der Waals surface area contributed by atoms with Gasteiger partial charge in [-0.2, -0.15) is 0 Å². The van der Waals surface area contributed by atoms with Crippen molar-refractivity contribution in [3.8, 4) is 0 Å². The molecule has 4 fully saturated rings. The number of hydrogen-bond donors (Lipinski definition) is 2. The Kier molecular flexibility index (Phi) is 6.41. The first-order chi connectivity index (χ1) is 16.6. The molecular weight excluding hydrogens is 458 g/mol. The van der Waals surface area contributed by atoms with Crippen LogP contribution in [-0.4, -0.2) is 35.5 Å². The van der Waals surface area contributed by atoms with Gasteiger partial charge in [0.15, 0.2) is 5.11 Å². The highest BCUT2D eigenvalue weighted by atomic mass is 32.1. The Bertz CT molecular complexity index is 1040. The Labute approximate surface area is 213 Å². The maximum atomic E-state index is 13.6. The molecule has 6 nitrogen and oxygen atoms in total. The highest BCUT2D eigenvalue weighted by Crippen LogP contribution is 2.60. The Morgan fingerprint density at radius 2 is 1.80 bits per heavy atom. The van der Waals surface area contributed by atoms with Gasteiger partial charge >= 0.3 is 5.97 Å². The van der Waals surface area contributed by atoms with Gasteiger partial charge in [0.25, 0.3) is 0 Å². The van der Waals surface area contributed by atoms with Gasteiger partial charge in [-0.05, 0) is 99.0 Å². The molecule has 1 aliphatic heterocycles. The number of hydrogen-bond acceptors (Lipinski definition) is 4. The first-order valence-corrected chi connectivity index (χ1v) is 13.4. The molecule has 7 heteroatoms. The van der Waals surface area contributed by atoms with Crippen LogP contribution in [0.25, 0.3) is 0 Å². The summed E-state index contributed by atoms with van der Waals surface area (Å²) in [7, 11) is 1.85. The highest BCUT2D eigenvalue weighted by Gasteiger charge is 2.54. The maximum Gasteiger partial charge on any atom is 0.338 e. The number of thiocarbonyl (C=S) groups is 1. The van der Waals surface area contributed by atoms with Gasteiger partial charge in [0, 0.05) is 18.4 Å². The van der Waals surface area contributed by atoms with E-state index >= 15 is 0 Å². The topological polar surface area (TPSA) is 70.7 Å². The quantitative estimate of drug-likeness (QED) is 0.419. The first-order valence-electron chi connectivity index (χ1n) is 13.0. The van der Waals surface area contributed by atoms with Crippen molar-refractivity contribution in [2.45, 2.75) is 65.3 Å². The van der Waals surface area contributed by atoms with Crippen LogP contribution in [0.4, 0.5) is 5.69 Å². The van der Waals surface area contributed by atoms with E-state index in [1.54, 1.807) is 4.90 Å². The lowest BCUT2D eigenvalue weighted by Gasteiger charge is -2.55. The van der Waals surface area contributed by atoms with E-state index in [4.69, 9.17) is 17.0 Å². The second-order valence-corrected chi connectivity index (χ2v) is 12.1. The summed E-state index contributed by atoms with van der Waals surface area (Å²) in [6, 6.07) is 7.36. The van der Waals surface area contributed by atoms with Crippen LogP contribution in [-0.2, 0) is 14.3 Å². The number of ether oxygens (including phenoxy) is 1. The molecule has 0 radical (unpaired) electrons. The number of nitrogens with one attached hydrogen (secondary N) is 2. The fraction of sp³-hybridized carbons (Fsp3) is 0.607. The van der Waals surface area contributed by atoms with Crippen LogP contribution in [0.5, 0.6) is 0 Å². The standard InChI is InChI=1S/C28H37N3O3S/c1-16(2)15-34-25(32)23-17(3)31(4)27(35)30-24(23)21-6-5-7-22(11-21)29-26(33)28-12-18-8-19(13-28)10-20(9-18)14-28/h5-7,11,16,18-20,24H,8-10,12-15H2,1-4H3,(H,29,33)(H,30,35). The number of amides is 1. The molecule has 0 saturated heterocycles. The SMILES string of the molecule is CC1=C(C(=O)OCC(C)C)C(c2cccc(NC(=O)C34CC5CC(CC(C5)C3)C4)c2)NC(=S)N1C. The van der Waals surface area contributed by atoms with Gasteiger partial charge in [0.1, 0.15) is 0 Å². The molecule has 1 unspecified atom stereocenters. The molecule has 0 spiro atoms. The molecule has 35 heavy (non-hydrogen) atoms. The zero-order valence-corrected chi connectivity index (χ0v) is 22.0. The van der Waals surface area contributed by atoms with E-state index in [1.807, 2.05) is 52.1 Å². The van der Waals surface area contributed by atoms with E-state index in [2.05, 4.69) is 10.6 Å². The first kappa shape index (κ1) is 24.3. The minimum absolute atomic E-state index is 0.170. The van der Waals surface area contributed by atoms with Crippen LogP contribution in [0.3, 0.4) is 0 Å². The lowest BCUT2D eigenvalue weighted by molar-refractivity contribution is -0.141. The van der Waals surface area contributed by atoms with Gasteiger partial charge in [0.05, 0.1) is 23.6 Å². The molecule has 5 aliphatic rings. The third kappa shape index (κ3) is 4.59. The number of carbonyl (C=O) groups is 2. The minimum Gasteiger partial charge on any atom is -0.462 e. The lowest BCUT2D eigenvalue weighted by Crippen LogP contribution is -2.51. The Morgan fingerprint density at radius 3 is 2.40 bits per heavy atom. The second kappa shape index (κ2) is 9.23. The molecule has 1 aromatic carbocycles. The van der Waals surface area contributed by atoms with E-state index in [9.17, 15) is 9.59 Å². The summed E-state index contributed by atoms with van der Waals surface area (Å²) >= 11 is 5.54. The second-order valence-electron chi connectivity index (χ2n) is 11.7. The fourth-order valence-electron chi connectivity index (χ4n) is 7.12. The monoisotopic (exact) mass is 495 g/mol. The Morgan fingerprint density at radius 1 is 1.17 bits per heavy atom. The molecule has 188 valence electrons. The van der Waals surface area contributed by atoms with Crippen molar-refractivity contribution in [3.63, 3.8) is 0 Å². The van der Waals surface area contributed by atoms with Gasteiger partial charge < -0.3 is 20.3 Å². The predicted octanol–water partition coefficient (Wildman–Crippen LogP) is 5.18. The van der Waals surface area contributed by atoms with Crippen LogP contribution in [0.1, 0.15) is 70.9 Å². The largest absolute Gasteiger partial charge is 0.462 e. The van der Waals surface area contributed by atoms with Crippen molar-refractivity contribution in [1.82, 2.24) is 10.2 Å². The fourth-order valence-corrected chi connectivity index (χ4v) is 7.37. The molecule has 1 aromatic rings. The zero-order valence-electron chi connectivity index (χ0n) is 21.2. The van der Waals surface area contributed by atoms with Crippen LogP contribution >= 0.6 is 12.2 Å². The van der Waals surface area contributed by atoms with Crippen LogP contribution < -0.4 is 10.6 Å². The van der Waals surface area contributed by atoms with Gasteiger partial charge in [-0.3, -0.25) is 4.79 Å². The Balaban J connectivity index is 1.38. The molecule has 1 heterocycles. The van der Waals surface area contributed by atoms with Crippen molar-refractivity contribution >= 4 is 34.9 Å². The lowest BCUT2D eigenvalue weighted by atomic mass is 9.49. The van der Waals surface area contributed by atoms with Crippen molar-refractivity contribution in [1.29, 1.82) is 0 Å². The van der Waals surface area contributed by atoms with Crippen molar-refractivity contribution in [2.75, 3.05) is 19.0 Å². The number of anilines is 1. The van der Waals surface area contributed by atoms with Crippen LogP contribution in [0.15, 0.2) is 35.5 Å². The summed E-state index contributed by atoms with van der Waals surface area (Å²) in [5.41, 5.74) is 2.75. The summed E-state index contributed by atoms with van der Waals surface area (Å²) in [6.45, 7) is 6.28. The van der Waals surface area contributed by atoms with Gasteiger partial charge in [-0.25, -0.2) is 4.79 Å². The molecule has 4 aliphatic carbocycles. The molecule has 1 atom stereocenters. The van der Waals surface area contributed by atoms with E-state index in [0.717, 1.165) is 54.0 Å². The van der Waals surface area contributed by atoms with Crippen molar-refractivity contribution in [3.05, 3.63) is 41.1 Å². The summed E-state index contributed by atoms with van der Waals surface area (Å²) < 4.78 is 5.60. The summed E-state index contributed by atoms with van der Waals surface area (Å²) in [4.78, 5) is 28.5. The number of rotatable bonds is 6. The maximum absolute atomic E-state index is 13.6. The Hall–Kier alpha value is -2.41. The summed E-state index contributed by atoms with van der Waals surface area (Å²) in [5.74, 6) is 2.23. The van der Waals surface area contributed by atoms with Crippen molar-refractivity contribution < 1.29 is 14.3 Å². The normalized spacial score (nSPS) is 31.6. The molecule has 4 saturated carbocycles. The summed E-state index contributed by atoms with van der Waals surface area (Å²) in [5, 5.41) is 7.11. The van der Waals surface area contributed by atoms with Crippen molar-refractivity contribution in [2.24, 2.45) is 29.1 Å². The van der Waals surface area contributed by atoms with Gasteiger partial charge in [-0.1, -0.05) is 26.0 Å². The molecule has 6 rings (SSSR count). The zero-order chi connectivity index (χ0) is 24.9. The van der Waals surface area contributed by atoms with E-state index in [0.29, 0.717) is 17.3 Å². The number of esters is 1. The van der Waals surface area contributed by atoms with Gasteiger partial charge in [0.2, 0.25) is 5.91 Å². The third-order valence-electron chi connectivity index (χ3n) is 8.52. The molecule has 0 aromatic heterocycles. The number of carbonyl (C=O) groups excluding carboxylic acids is 2. The van der Waals surface area contributed by atoms with Crippen LogP contribution in [0.2, 0.25) is 0 Å². The average molecular weight is 496 g/mol. The molecule has 2 N–H and O–H groups in total. The molecular formula is C28H37N3O3S. The van der Waals surface area contributed by atoms with Gasteiger partial charge in [-0.15, -0.1) is 0 Å². The minimum atomic E-state index is -0.435. The predicted molar refractivity (Wildman–Crippen MR) is 140 cm³/mol. The number of benzene rings is 1. The van der Waals surface area contributed by atoms with E-state index in [1.165, 1.54) is 19.3 Å². The smallest absolute Gasteiger partial charge is 0.338 e. The summed E-state index contributed by atoms with van der Waals surface area (Å²) in [6.07, 6.45) is 7.02. The third-order valence-corrected chi connectivity index (χ3v) is 8.91. The van der Waals surface area contributed by atoms with E-state index in [-0.39, 0.29) is 23.2 Å². The highest BCUT2D eigenvalue weighted by molar-refractivity contribution is 7.80.